The van der Waals surface area contributed by atoms with Gasteiger partial charge in [0.2, 0.25) is 0 Å². The summed E-state index contributed by atoms with van der Waals surface area (Å²) in [5.41, 5.74) is 2.73. The lowest BCUT2D eigenvalue weighted by Gasteiger charge is -2.52. The first-order valence-corrected chi connectivity index (χ1v) is 11.7. The fourth-order valence-corrected chi connectivity index (χ4v) is 5.04. The number of aryl methyl sites for hydroxylation is 1. The number of rotatable bonds is 4. The van der Waals surface area contributed by atoms with Crippen molar-refractivity contribution in [3.05, 3.63) is 77.5 Å². The number of oxazole rings is 1. The molecule has 0 N–H and O–H groups in total. The number of anilines is 1. The maximum absolute atomic E-state index is 13.8. The van der Waals surface area contributed by atoms with Crippen LogP contribution in [0, 0.1) is 30.0 Å². The van der Waals surface area contributed by atoms with E-state index in [0.29, 0.717) is 41.8 Å². The minimum absolute atomic E-state index is 0.0179. The van der Waals surface area contributed by atoms with Gasteiger partial charge in [-0.2, -0.15) is 25.2 Å². The average molecular weight is 484 g/mol. The van der Waals surface area contributed by atoms with Crippen molar-refractivity contribution < 1.29 is 13.6 Å². The highest BCUT2D eigenvalue weighted by Crippen LogP contribution is 2.39. The standard InChI is InChI=1S/C26H22FN7O2/c1-16-5-6-22(34-29-8-9-30-34)20(11-16)25(35)32-10-7-18-14-33(23(18)15-32)26-31-21(13-28)24(36-26)17-3-2-4-19(27)12-17/h2-6,8-9,11-12,18,23H,7,10,14-15H2,1H3/t18-,23+/m0/s1. The Hall–Kier alpha value is -4.52. The summed E-state index contributed by atoms with van der Waals surface area (Å²) in [6.07, 6.45) is 4.02. The molecule has 4 aromatic rings. The van der Waals surface area contributed by atoms with E-state index in [1.54, 1.807) is 24.5 Å². The van der Waals surface area contributed by atoms with Crippen LogP contribution in [0.2, 0.25) is 0 Å². The second-order valence-electron chi connectivity index (χ2n) is 9.16. The van der Waals surface area contributed by atoms with Gasteiger partial charge in [0.1, 0.15) is 11.9 Å². The molecule has 0 saturated carbocycles. The molecule has 10 heteroatoms. The van der Waals surface area contributed by atoms with Crippen molar-refractivity contribution >= 4 is 11.9 Å². The second-order valence-corrected chi connectivity index (χ2v) is 9.16. The van der Waals surface area contributed by atoms with Crippen molar-refractivity contribution in [3.63, 3.8) is 0 Å². The Bertz CT molecular complexity index is 1490. The van der Waals surface area contributed by atoms with Gasteiger partial charge in [0, 0.05) is 31.1 Å². The molecule has 1 amide bonds. The molecule has 2 aromatic carbocycles. The smallest absolute Gasteiger partial charge is 0.299 e. The first kappa shape index (κ1) is 22.0. The van der Waals surface area contributed by atoms with Gasteiger partial charge in [-0.05, 0) is 37.6 Å². The third-order valence-corrected chi connectivity index (χ3v) is 6.91. The summed E-state index contributed by atoms with van der Waals surface area (Å²) in [4.78, 5) is 23.3. The van der Waals surface area contributed by atoms with Crippen LogP contribution in [-0.4, -0.2) is 56.5 Å². The van der Waals surface area contributed by atoms with Gasteiger partial charge in [-0.3, -0.25) is 4.79 Å². The van der Waals surface area contributed by atoms with Gasteiger partial charge in [0.15, 0.2) is 11.5 Å². The lowest BCUT2D eigenvalue weighted by Crippen LogP contribution is -2.65. The first-order valence-electron chi connectivity index (χ1n) is 11.7. The van der Waals surface area contributed by atoms with Crippen LogP contribution in [0.15, 0.2) is 59.3 Å². The monoisotopic (exact) mass is 483 g/mol. The number of hydrogen-bond donors (Lipinski definition) is 0. The van der Waals surface area contributed by atoms with E-state index in [4.69, 9.17) is 4.42 Å². The minimum atomic E-state index is -0.416. The second kappa shape index (κ2) is 8.61. The first-order chi connectivity index (χ1) is 17.5. The Labute approximate surface area is 206 Å². The molecule has 9 nitrogen and oxygen atoms in total. The van der Waals surface area contributed by atoms with Gasteiger partial charge in [-0.1, -0.05) is 23.8 Å². The Morgan fingerprint density at radius 3 is 2.78 bits per heavy atom. The van der Waals surface area contributed by atoms with Crippen LogP contribution in [0.4, 0.5) is 10.4 Å². The Morgan fingerprint density at radius 2 is 2.00 bits per heavy atom. The zero-order valence-corrected chi connectivity index (χ0v) is 19.5. The van der Waals surface area contributed by atoms with Gasteiger partial charge in [-0.25, -0.2) is 4.39 Å². The van der Waals surface area contributed by atoms with E-state index in [9.17, 15) is 14.4 Å². The lowest BCUT2D eigenvalue weighted by molar-refractivity contribution is 0.0582. The number of nitriles is 1. The lowest BCUT2D eigenvalue weighted by atomic mass is 9.82. The van der Waals surface area contributed by atoms with Crippen molar-refractivity contribution in [3.8, 4) is 23.1 Å². The molecule has 2 aliphatic heterocycles. The number of fused-ring (bicyclic) bond motifs is 1. The molecule has 36 heavy (non-hydrogen) atoms. The molecule has 2 fully saturated rings. The number of piperidine rings is 1. The number of hydrogen-bond acceptors (Lipinski definition) is 7. The van der Waals surface area contributed by atoms with E-state index in [1.807, 2.05) is 41.0 Å². The minimum Gasteiger partial charge on any atom is -0.422 e. The topological polar surface area (TPSA) is 104 Å². The van der Waals surface area contributed by atoms with Crippen molar-refractivity contribution in [1.29, 1.82) is 5.26 Å². The van der Waals surface area contributed by atoms with Crippen molar-refractivity contribution in [2.24, 2.45) is 5.92 Å². The van der Waals surface area contributed by atoms with E-state index in [2.05, 4.69) is 15.2 Å². The fourth-order valence-electron chi connectivity index (χ4n) is 5.04. The Morgan fingerprint density at radius 1 is 1.17 bits per heavy atom. The number of nitrogens with zero attached hydrogens (tertiary/aromatic N) is 7. The van der Waals surface area contributed by atoms with Crippen LogP contribution in [-0.2, 0) is 0 Å². The SMILES string of the molecule is Cc1ccc(-n2nccn2)c(C(=O)N2CC[C@H]3CN(c4nc(C#N)c(-c5cccc(F)c5)o4)[C@@H]3C2)c1. The van der Waals surface area contributed by atoms with E-state index >= 15 is 0 Å². The number of aromatic nitrogens is 4. The predicted octanol–water partition coefficient (Wildman–Crippen LogP) is 3.59. The Kier molecular flexibility index (Phi) is 5.25. The van der Waals surface area contributed by atoms with Crippen LogP contribution in [0.25, 0.3) is 17.0 Å². The van der Waals surface area contributed by atoms with Crippen LogP contribution in [0.5, 0.6) is 0 Å². The number of carbonyl (C=O) groups is 1. The molecular weight excluding hydrogens is 461 g/mol. The molecule has 2 atom stereocenters. The van der Waals surface area contributed by atoms with E-state index in [0.717, 1.165) is 18.5 Å². The highest BCUT2D eigenvalue weighted by molar-refractivity contribution is 5.98. The number of likely N-dealkylation sites (tertiary alicyclic amines) is 1. The van der Waals surface area contributed by atoms with Crippen LogP contribution >= 0.6 is 0 Å². The zero-order chi connectivity index (χ0) is 24.8. The molecule has 2 aromatic heterocycles. The molecule has 0 unspecified atom stereocenters. The van der Waals surface area contributed by atoms with Crippen LogP contribution < -0.4 is 4.90 Å². The summed E-state index contributed by atoms with van der Waals surface area (Å²) in [5.74, 6) is 0.145. The van der Waals surface area contributed by atoms with Gasteiger partial charge < -0.3 is 14.2 Å². The van der Waals surface area contributed by atoms with Gasteiger partial charge in [0.05, 0.1) is 29.7 Å². The number of halogens is 1. The van der Waals surface area contributed by atoms with Gasteiger partial charge in [0.25, 0.3) is 11.9 Å². The summed E-state index contributed by atoms with van der Waals surface area (Å²) in [6, 6.07) is 13.9. The molecule has 6 rings (SSSR count). The highest BCUT2D eigenvalue weighted by Gasteiger charge is 2.46. The van der Waals surface area contributed by atoms with E-state index < -0.39 is 5.82 Å². The molecule has 180 valence electrons. The normalized spacial score (nSPS) is 18.9. The van der Waals surface area contributed by atoms with Crippen molar-refractivity contribution in [1.82, 2.24) is 24.9 Å². The fraction of sp³-hybridized carbons (Fsp3) is 0.269. The predicted molar refractivity (Wildman–Crippen MR) is 128 cm³/mol. The molecule has 0 bridgehead atoms. The van der Waals surface area contributed by atoms with Gasteiger partial charge in [-0.15, -0.1) is 0 Å². The summed E-state index contributed by atoms with van der Waals surface area (Å²) >= 11 is 0. The Balaban J connectivity index is 1.26. The number of carbonyl (C=O) groups excluding carboxylic acids is 1. The largest absolute Gasteiger partial charge is 0.422 e. The maximum Gasteiger partial charge on any atom is 0.299 e. The van der Waals surface area contributed by atoms with E-state index in [1.165, 1.54) is 16.9 Å². The zero-order valence-electron chi connectivity index (χ0n) is 19.5. The summed E-state index contributed by atoms with van der Waals surface area (Å²) < 4.78 is 19.7. The molecule has 4 heterocycles. The average Bonchev–Trinajstić information content (AvgIpc) is 3.55. The van der Waals surface area contributed by atoms with E-state index in [-0.39, 0.29) is 23.4 Å². The third-order valence-electron chi connectivity index (χ3n) is 6.91. The number of benzene rings is 2. The highest BCUT2D eigenvalue weighted by atomic mass is 19.1. The molecule has 2 saturated heterocycles. The summed E-state index contributed by atoms with van der Waals surface area (Å²) in [7, 11) is 0. The molecule has 2 aliphatic rings. The molecule has 0 radical (unpaired) electrons. The third kappa shape index (κ3) is 3.69. The van der Waals surface area contributed by atoms with Crippen molar-refractivity contribution in [2.75, 3.05) is 24.5 Å². The summed E-state index contributed by atoms with van der Waals surface area (Å²) in [5, 5.41) is 18.0. The molecule has 0 aliphatic carbocycles. The molecular formula is C26H22FN7O2. The quantitative estimate of drug-likeness (QED) is 0.437. The van der Waals surface area contributed by atoms with Crippen LogP contribution in [0.3, 0.4) is 0 Å². The van der Waals surface area contributed by atoms with Crippen molar-refractivity contribution in [2.45, 2.75) is 19.4 Å². The maximum atomic E-state index is 13.8. The molecule has 0 spiro atoms. The van der Waals surface area contributed by atoms with Gasteiger partial charge >= 0.3 is 0 Å². The summed E-state index contributed by atoms with van der Waals surface area (Å²) in [6.45, 7) is 3.83. The van der Waals surface area contributed by atoms with Crippen LogP contribution in [0.1, 0.15) is 28.0 Å². The number of amides is 1.